The van der Waals surface area contributed by atoms with Crippen molar-refractivity contribution in [2.75, 3.05) is 13.2 Å². The minimum Gasteiger partial charge on any atom is -0.491 e. The Hall–Kier alpha value is -2.02. The third-order valence-electron chi connectivity index (χ3n) is 2.50. The molecule has 0 aromatic heterocycles. The predicted molar refractivity (Wildman–Crippen MR) is 58.1 cm³/mol. The van der Waals surface area contributed by atoms with Crippen molar-refractivity contribution in [1.82, 2.24) is 5.32 Å². The molecule has 1 heterocycles. The first-order chi connectivity index (χ1) is 7.72. The van der Waals surface area contributed by atoms with Crippen LogP contribution < -0.4 is 10.1 Å². The van der Waals surface area contributed by atoms with Gasteiger partial charge in [-0.3, -0.25) is 4.79 Å². The fraction of sp³-hybridized carbons (Fsp3) is 0.333. The van der Waals surface area contributed by atoms with Gasteiger partial charge in [-0.15, -0.1) is 0 Å². The molecular weight excluding hydrogens is 204 g/mol. The molecule has 0 unspecified atom stereocenters. The number of hydrogen-bond donors (Lipinski definition) is 1. The van der Waals surface area contributed by atoms with Crippen molar-refractivity contribution in [3.05, 3.63) is 29.3 Å². The third-order valence-corrected chi connectivity index (χ3v) is 2.50. The maximum absolute atomic E-state index is 11.8. The van der Waals surface area contributed by atoms with E-state index >= 15 is 0 Å². The summed E-state index contributed by atoms with van der Waals surface area (Å²) in [4.78, 5) is 11.8. The maximum Gasteiger partial charge on any atom is 0.255 e. The summed E-state index contributed by atoms with van der Waals surface area (Å²) in [6.07, 6.45) is 0. The average molecular weight is 216 g/mol. The summed E-state index contributed by atoms with van der Waals surface area (Å²) >= 11 is 0. The van der Waals surface area contributed by atoms with E-state index < -0.39 is 0 Å². The van der Waals surface area contributed by atoms with E-state index in [1.807, 2.05) is 13.0 Å². The molecule has 1 amide bonds. The summed E-state index contributed by atoms with van der Waals surface area (Å²) in [6.45, 7) is 3.08. The molecule has 0 aliphatic carbocycles. The Morgan fingerprint density at radius 1 is 1.56 bits per heavy atom. The van der Waals surface area contributed by atoms with E-state index in [4.69, 9.17) is 10.00 Å². The molecule has 0 bridgehead atoms. The fourth-order valence-corrected chi connectivity index (χ4v) is 1.61. The second-order valence-corrected chi connectivity index (χ2v) is 3.92. The van der Waals surface area contributed by atoms with Crippen molar-refractivity contribution in [2.45, 2.75) is 6.92 Å². The number of benzene rings is 1. The normalized spacial score (nSPS) is 19.5. The summed E-state index contributed by atoms with van der Waals surface area (Å²) in [5.41, 5.74) is 0.840. The van der Waals surface area contributed by atoms with Crippen molar-refractivity contribution in [3.63, 3.8) is 0 Å². The maximum atomic E-state index is 11.8. The summed E-state index contributed by atoms with van der Waals surface area (Å²) in [6, 6.07) is 7.04. The molecule has 0 spiro atoms. The number of rotatable bonds is 0. The van der Waals surface area contributed by atoms with Gasteiger partial charge in [0.05, 0.1) is 17.7 Å². The van der Waals surface area contributed by atoms with Crippen molar-refractivity contribution in [1.29, 1.82) is 5.26 Å². The van der Waals surface area contributed by atoms with Crippen LogP contribution in [0.3, 0.4) is 0 Å². The smallest absolute Gasteiger partial charge is 0.255 e. The Balaban J connectivity index is 2.48. The molecule has 1 aromatic rings. The molecule has 1 N–H and O–H groups in total. The molecule has 2 rings (SSSR count). The van der Waals surface area contributed by atoms with E-state index in [9.17, 15) is 4.79 Å². The molecule has 4 nitrogen and oxygen atoms in total. The number of hydrogen-bond acceptors (Lipinski definition) is 3. The molecule has 1 atom stereocenters. The number of carbonyl (C=O) groups excluding carboxylic acids is 1. The van der Waals surface area contributed by atoms with Gasteiger partial charge in [-0.25, -0.2) is 0 Å². The SMILES string of the molecule is C[C@@H]1CNC(=O)c2cccc(C#N)c2OC1. The van der Waals surface area contributed by atoms with Gasteiger partial charge in [0.1, 0.15) is 11.8 Å². The highest BCUT2D eigenvalue weighted by Gasteiger charge is 2.20. The van der Waals surface area contributed by atoms with Crippen molar-refractivity contribution in [2.24, 2.45) is 5.92 Å². The molecule has 0 saturated heterocycles. The topological polar surface area (TPSA) is 62.1 Å². The molecule has 4 heteroatoms. The lowest BCUT2D eigenvalue weighted by molar-refractivity contribution is 0.0926. The van der Waals surface area contributed by atoms with E-state index in [0.29, 0.717) is 30.0 Å². The summed E-state index contributed by atoms with van der Waals surface area (Å²) < 4.78 is 5.55. The molecule has 0 fully saturated rings. The van der Waals surface area contributed by atoms with E-state index in [1.54, 1.807) is 18.2 Å². The number of ether oxygens (including phenoxy) is 1. The molecule has 82 valence electrons. The van der Waals surface area contributed by atoms with Crippen LogP contribution in [-0.2, 0) is 0 Å². The monoisotopic (exact) mass is 216 g/mol. The number of amides is 1. The first-order valence-corrected chi connectivity index (χ1v) is 5.16. The fourth-order valence-electron chi connectivity index (χ4n) is 1.61. The van der Waals surface area contributed by atoms with E-state index in [2.05, 4.69) is 5.32 Å². The van der Waals surface area contributed by atoms with Crippen molar-refractivity contribution in [3.8, 4) is 11.8 Å². The predicted octanol–water partition coefficient (Wildman–Crippen LogP) is 1.32. The quantitative estimate of drug-likeness (QED) is 0.711. The largest absolute Gasteiger partial charge is 0.491 e. The van der Waals surface area contributed by atoms with Gasteiger partial charge < -0.3 is 10.1 Å². The van der Waals surface area contributed by atoms with Gasteiger partial charge >= 0.3 is 0 Å². The molecule has 16 heavy (non-hydrogen) atoms. The van der Waals surface area contributed by atoms with Gasteiger partial charge in [0.2, 0.25) is 0 Å². The highest BCUT2D eigenvalue weighted by Crippen LogP contribution is 2.25. The summed E-state index contributed by atoms with van der Waals surface area (Å²) in [5.74, 6) is 0.455. The Labute approximate surface area is 93.8 Å². The number of nitrogens with one attached hydrogen (secondary N) is 1. The Morgan fingerprint density at radius 3 is 3.12 bits per heavy atom. The summed E-state index contributed by atoms with van der Waals surface area (Å²) in [7, 11) is 0. The van der Waals surface area contributed by atoms with Crippen LogP contribution in [0.25, 0.3) is 0 Å². The lowest BCUT2D eigenvalue weighted by Gasteiger charge is -2.20. The minimum atomic E-state index is -0.182. The second kappa shape index (κ2) is 4.23. The van der Waals surface area contributed by atoms with Crippen LogP contribution in [-0.4, -0.2) is 19.1 Å². The number of para-hydroxylation sites is 1. The summed E-state index contributed by atoms with van der Waals surface area (Å²) in [5, 5.41) is 11.8. The molecule has 0 saturated carbocycles. The molecule has 0 radical (unpaired) electrons. The van der Waals surface area contributed by atoms with Crippen LogP contribution in [0.1, 0.15) is 22.8 Å². The first kappa shape index (κ1) is 10.5. The van der Waals surface area contributed by atoms with Gasteiger partial charge in [-0.1, -0.05) is 13.0 Å². The highest BCUT2D eigenvalue weighted by molar-refractivity contribution is 5.97. The number of nitrogens with zero attached hydrogens (tertiary/aromatic N) is 1. The minimum absolute atomic E-state index is 0.182. The number of nitriles is 1. The average Bonchev–Trinajstić information content (AvgIpc) is 2.31. The number of carbonyl (C=O) groups is 1. The van der Waals surface area contributed by atoms with Gasteiger partial charge in [0.15, 0.2) is 0 Å². The standard InChI is InChI=1S/C12H12N2O2/c1-8-6-14-12(15)10-4-2-3-9(5-13)11(10)16-7-8/h2-4,8H,6-7H2,1H3,(H,14,15)/t8-/m1/s1. The zero-order chi connectivity index (χ0) is 11.5. The highest BCUT2D eigenvalue weighted by atomic mass is 16.5. The van der Waals surface area contributed by atoms with E-state index in [1.165, 1.54) is 0 Å². The van der Waals surface area contributed by atoms with Crippen LogP contribution in [0.15, 0.2) is 18.2 Å². The van der Waals surface area contributed by atoms with E-state index in [-0.39, 0.29) is 11.8 Å². The Bertz CT molecular complexity index is 463. The van der Waals surface area contributed by atoms with Crippen LogP contribution >= 0.6 is 0 Å². The van der Waals surface area contributed by atoms with Gasteiger partial charge in [-0.2, -0.15) is 5.26 Å². The van der Waals surface area contributed by atoms with Gasteiger partial charge in [-0.05, 0) is 12.1 Å². The lowest BCUT2D eigenvalue weighted by atomic mass is 10.1. The first-order valence-electron chi connectivity index (χ1n) is 5.16. The third kappa shape index (κ3) is 1.84. The molecule has 1 aliphatic rings. The molecule has 1 aliphatic heterocycles. The van der Waals surface area contributed by atoms with Crippen molar-refractivity contribution >= 4 is 5.91 Å². The van der Waals surface area contributed by atoms with E-state index in [0.717, 1.165) is 0 Å². The zero-order valence-electron chi connectivity index (χ0n) is 8.99. The molecular formula is C12H12N2O2. The zero-order valence-corrected chi connectivity index (χ0v) is 8.99. The second-order valence-electron chi connectivity index (χ2n) is 3.92. The van der Waals surface area contributed by atoms with Crippen LogP contribution in [0, 0.1) is 17.2 Å². The lowest BCUT2D eigenvalue weighted by Crippen LogP contribution is -2.33. The van der Waals surface area contributed by atoms with Crippen molar-refractivity contribution < 1.29 is 9.53 Å². The van der Waals surface area contributed by atoms with Gasteiger partial charge in [0.25, 0.3) is 5.91 Å². The molecule has 1 aromatic carbocycles. The van der Waals surface area contributed by atoms with Crippen LogP contribution in [0.2, 0.25) is 0 Å². The number of fused-ring (bicyclic) bond motifs is 1. The van der Waals surface area contributed by atoms with Crippen LogP contribution in [0.4, 0.5) is 0 Å². The Kier molecular flexibility index (Phi) is 2.78. The Morgan fingerprint density at radius 2 is 2.38 bits per heavy atom. The van der Waals surface area contributed by atoms with Gasteiger partial charge in [0, 0.05) is 12.5 Å². The van der Waals surface area contributed by atoms with Crippen LogP contribution in [0.5, 0.6) is 5.75 Å².